The molecule has 3 heterocycles. The molecule has 0 amide bonds. The predicted octanol–water partition coefficient (Wildman–Crippen LogP) is 2.01. The second kappa shape index (κ2) is 6.52. The first-order valence-corrected chi connectivity index (χ1v) is 8.01. The largest absolute Gasteiger partial charge is 0.477 e. The monoisotopic (exact) mass is 340 g/mol. The van der Waals surface area contributed by atoms with E-state index in [1.807, 2.05) is 54.8 Å². The molecule has 0 aromatic carbocycles. The molecular formula is C18H20N4O3. The number of aromatic amines is 1. The van der Waals surface area contributed by atoms with Crippen molar-refractivity contribution in [3.63, 3.8) is 0 Å². The number of pyridine rings is 2. The van der Waals surface area contributed by atoms with Crippen LogP contribution in [0.5, 0.6) is 0 Å². The van der Waals surface area contributed by atoms with Crippen LogP contribution < -0.4 is 5.56 Å². The topological polar surface area (TPSA) is 90.7 Å². The predicted molar refractivity (Wildman–Crippen MR) is 95.0 cm³/mol. The summed E-state index contributed by atoms with van der Waals surface area (Å²) in [5.41, 5.74) is 3.17. The molecule has 3 rings (SSSR count). The van der Waals surface area contributed by atoms with Gasteiger partial charge in [-0.15, -0.1) is 0 Å². The van der Waals surface area contributed by atoms with Gasteiger partial charge in [0.25, 0.3) is 5.56 Å². The molecule has 0 saturated heterocycles. The minimum Gasteiger partial charge on any atom is -0.477 e. The number of nitrogens with one attached hydrogen (secondary N) is 1. The van der Waals surface area contributed by atoms with Gasteiger partial charge in [-0.3, -0.25) is 4.79 Å². The van der Waals surface area contributed by atoms with Crippen LogP contribution in [0.3, 0.4) is 0 Å². The summed E-state index contributed by atoms with van der Waals surface area (Å²) in [6.45, 7) is 2.66. The van der Waals surface area contributed by atoms with Crippen LogP contribution in [0.1, 0.15) is 28.5 Å². The van der Waals surface area contributed by atoms with E-state index in [0.717, 1.165) is 29.0 Å². The zero-order chi connectivity index (χ0) is 18.1. The van der Waals surface area contributed by atoms with Gasteiger partial charge in [-0.2, -0.15) is 0 Å². The fourth-order valence-electron chi connectivity index (χ4n) is 2.86. The van der Waals surface area contributed by atoms with Crippen molar-refractivity contribution in [2.45, 2.75) is 19.9 Å². The summed E-state index contributed by atoms with van der Waals surface area (Å²) in [5.74, 6) is -1.22. The Kier molecular flexibility index (Phi) is 4.41. The molecule has 0 bridgehead atoms. The number of aryl methyl sites for hydroxylation is 1. The number of hydrogen-bond donors (Lipinski definition) is 2. The van der Waals surface area contributed by atoms with Crippen molar-refractivity contribution in [1.82, 2.24) is 19.3 Å². The first kappa shape index (κ1) is 16.9. The standard InChI is InChI=1S/C18H20N4O3/c1-4-11-7-14(18(24)25)17(23)20-16(11)12-5-6-15-19-13(9-21(2)3)10-22(15)8-12/h5-8,10H,4,9H2,1-3H3,(H,20,23)(H,24,25). The maximum atomic E-state index is 12.1. The lowest BCUT2D eigenvalue weighted by molar-refractivity contribution is 0.0695. The summed E-state index contributed by atoms with van der Waals surface area (Å²) in [4.78, 5) is 32.5. The highest BCUT2D eigenvalue weighted by atomic mass is 16.4. The Bertz CT molecular complexity index is 1000. The molecule has 0 aliphatic heterocycles. The van der Waals surface area contributed by atoms with E-state index in [0.29, 0.717) is 12.1 Å². The van der Waals surface area contributed by atoms with Gasteiger partial charge in [0.05, 0.1) is 11.4 Å². The lowest BCUT2D eigenvalue weighted by Crippen LogP contribution is -2.19. The molecule has 0 aliphatic rings. The first-order valence-electron chi connectivity index (χ1n) is 8.01. The van der Waals surface area contributed by atoms with Crippen molar-refractivity contribution in [3.8, 4) is 11.3 Å². The average Bonchev–Trinajstić information content (AvgIpc) is 2.94. The first-order chi connectivity index (χ1) is 11.9. The molecule has 0 saturated carbocycles. The van der Waals surface area contributed by atoms with Crippen molar-refractivity contribution >= 4 is 11.6 Å². The zero-order valence-electron chi connectivity index (χ0n) is 14.4. The van der Waals surface area contributed by atoms with E-state index in [1.54, 1.807) is 0 Å². The third kappa shape index (κ3) is 3.32. The van der Waals surface area contributed by atoms with E-state index >= 15 is 0 Å². The van der Waals surface area contributed by atoms with Crippen LogP contribution in [-0.4, -0.2) is 44.4 Å². The third-order valence-electron chi connectivity index (χ3n) is 4.00. The van der Waals surface area contributed by atoms with Crippen LogP contribution in [0.15, 0.2) is 35.4 Å². The molecule has 0 atom stereocenters. The van der Waals surface area contributed by atoms with E-state index in [1.165, 1.54) is 6.07 Å². The van der Waals surface area contributed by atoms with Gasteiger partial charge in [0, 0.05) is 24.5 Å². The summed E-state index contributed by atoms with van der Waals surface area (Å²) in [7, 11) is 3.97. The summed E-state index contributed by atoms with van der Waals surface area (Å²) in [6.07, 6.45) is 4.46. The Balaban J connectivity index is 2.11. The fraction of sp³-hybridized carbons (Fsp3) is 0.278. The van der Waals surface area contributed by atoms with Crippen LogP contribution in [0.4, 0.5) is 0 Å². The van der Waals surface area contributed by atoms with Gasteiger partial charge in [-0.25, -0.2) is 9.78 Å². The van der Waals surface area contributed by atoms with E-state index < -0.39 is 11.5 Å². The number of aromatic carboxylic acids is 1. The van der Waals surface area contributed by atoms with Crippen LogP contribution in [-0.2, 0) is 13.0 Å². The number of carbonyl (C=O) groups is 1. The van der Waals surface area contributed by atoms with Gasteiger partial charge < -0.3 is 19.4 Å². The van der Waals surface area contributed by atoms with Gasteiger partial charge in [-0.1, -0.05) is 6.92 Å². The lowest BCUT2D eigenvalue weighted by Gasteiger charge is -2.09. The highest BCUT2D eigenvalue weighted by molar-refractivity contribution is 5.88. The third-order valence-corrected chi connectivity index (χ3v) is 4.00. The summed E-state index contributed by atoms with van der Waals surface area (Å²) in [5, 5.41) is 9.13. The minimum absolute atomic E-state index is 0.238. The second-order valence-corrected chi connectivity index (χ2v) is 6.22. The maximum Gasteiger partial charge on any atom is 0.341 e. The van der Waals surface area contributed by atoms with Crippen LogP contribution in [0, 0.1) is 0 Å². The number of carboxylic acid groups (broad SMARTS) is 1. The molecular weight excluding hydrogens is 320 g/mol. The molecule has 2 N–H and O–H groups in total. The molecule has 130 valence electrons. The molecule has 0 fully saturated rings. The number of carboxylic acids is 1. The number of fused-ring (bicyclic) bond motifs is 1. The lowest BCUT2D eigenvalue weighted by atomic mass is 10.0. The van der Waals surface area contributed by atoms with Crippen molar-refractivity contribution in [3.05, 3.63) is 57.8 Å². The molecule has 3 aromatic heterocycles. The molecule has 0 aliphatic carbocycles. The normalized spacial score (nSPS) is 11.4. The SMILES string of the molecule is CCc1cc(C(=O)O)c(=O)[nH]c1-c1ccc2nc(CN(C)C)cn2c1. The molecule has 7 heteroatoms. The highest BCUT2D eigenvalue weighted by Crippen LogP contribution is 2.22. The fourth-order valence-corrected chi connectivity index (χ4v) is 2.86. The smallest absolute Gasteiger partial charge is 0.341 e. The Hall–Kier alpha value is -2.93. The van der Waals surface area contributed by atoms with Crippen molar-refractivity contribution in [1.29, 1.82) is 0 Å². The average molecular weight is 340 g/mol. The zero-order valence-corrected chi connectivity index (χ0v) is 14.4. The van der Waals surface area contributed by atoms with Gasteiger partial charge in [0.2, 0.25) is 0 Å². The number of nitrogens with zero attached hydrogens (tertiary/aromatic N) is 3. The van der Waals surface area contributed by atoms with E-state index in [-0.39, 0.29) is 5.56 Å². The number of hydrogen-bond acceptors (Lipinski definition) is 4. The van der Waals surface area contributed by atoms with Crippen molar-refractivity contribution < 1.29 is 9.90 Å². The van der Waals surface area contributed by atoms with Crippen molar-refractivity contribution in [2.75, 3.05) is 14.1 Å². The maximum absolute atomic E-state index is 12.1. The number of H-pyrrole nitrogens is 1. The van der Waals surface area contributed by atoms with Crippen LogP contribution in [0.2, 0.25) is 0 Å². The molecule has 25 heavy (non-hydrogen) atoms. The van der Waals surface area contributed by atoms with Gasteiger partial charge >= 0.3 is 5.97 Å². The summed E-state index contributed by atoms with van der Waals surface area (Å²) in [6, 6.07) is 5.22. The van der Waals surface area contributed by atoms with E-state index in [9.17, 15) is 9.59 Å². The van der Waals surface area contributed by atoms with Crippen LogP contribution in [0.25, 0.3) is 16.9 Å². The number of aromatic nitrogens is 3. The molecule has 0 spiro atoms. The molecule has 0 unspecified atom stereocenters. The Morgan fingerprint density at radius 1 is 1.32 bits per heavy atom. The number of imidazole rings is 1. The highest BCUT2D eigenvalue weighted by Gasteiger charge is 2.15. The molecule has 0 radical (unpaired) electrons. The van der Waals surface area contributed by atoms with E-state index in [2.05, 4.69) is 9.97 Å². The Labute approximate surface area is 144 Å². The van der Waals surface area contributed by atoms with Gasteiger partial charge in [0.1, 0.15) is 11.2 Å². The minimum atomic E-state index is -1.22. The van der Waals surface area contributed by atoms with Gasteiger partial charge in [0.15, 0.2) is 0 Å². The second-order valence-electron chi connectivity index (χ2n) is 6.22. The van der Waals surface area contributed by atoms with Crippen LogP contribution >= 0.6 is 0 Å². The molecule has 7 nitrogen and oxygen atoms in total. The Morgan fingerprint density at radius 2 is 2.08 bits per heavy atom. The van der Waals surface area contributed by atoms with Gasteiger partial charge in [-0.05, 0) is 44.3 Å². The summed E-state index contributed by atoms with van der Waals surface area (Å²) >= 11 is 0. The molecule has 3 aromatic rings. The quantitative estimate of drug-likeness (QED) is 0.741. The van der Waals surface area contributed by atoms with Crippen molar-refractivity contribution in [2.24, 2.45) is 0 Å². The van der Waals surface area contributed by atoms with E-state index in [4.69, 9.17) is 5.11 Å². The Morgan fingerprint density at radius 3 is 2.72 bits per heavy atom. The summed E-state index contributed by atoms with van der Waals surface area (Å²) < 4.78 is 1.91. The number of rotatable bonds is 5.